The van der Waals surface area contributed by atoms with Gasteiger partial charge < -0.3 is 10.5 Å². The van der Waals surface area contributed by atoms with E-state index in [1.54, 1.807) is 37.3 Å². The summed E-state index contributed by atoms with van der Waals surface area (Å²) in [5.41, 5.74) is 8.51. The minimum Gasteiger partial charge on any atom is -0.402 e. The second-order valence-electron chi connectivity index (χ2n) is 5.67. The van der Waals surface area contributed by atoms with Gasteiger partial charge in [0, 0.05) is 11.3 Å². The molecule has 0 saturated heterocycles. The molecule has 2 aromatic rings. The second kappa shape index (κ2) is 8.62. The number of nitrogens with two attached hydrogens (primary N) is 1. The number of benzene rings is 2. The fourth-order valence-corrected chi connectivity index (χ4v) is 2.16. The van der Waals surface area contributed by atoms with E-state index in [9.17, 15) is 17.6 Å². The first-order valence-corrected chi connectivity index (χ1v) is 7.75. The van der Waals surface area contributed by atoms with Crippen molar-refractivity contribution in [2.75, 3.05) is 6.61 Å². The smallest absolute Gasteiger partial charge is 0.402 e. The molecule has 0 heterocycles. The first-order valence-electron chi connectivity index (χ1n) is 7.75. The predicted octanol–water partition coefficient (Wildman–Crippen LogP) is 4.89. The second-order valence-corrected chi connectivity index (χ2v) is 5.67. The van der Waals surface area contributed by atoms with E-state index in [-0.39, 0.29) is 12.4 Å². The van der Waals surface area contributed by atoms with Gasteiger partial charge in [0.2, 0.25) is 0 Å². The molecule has 2 aromatic carbocycles. The molecule has 0 saturated carbocycles. The zero-order valence-electron chi connectivity index (χ0n) is 14.1. The highest BCUT2D eigenvalue weighted by atomic mass is 19.4. The van der Waals surface area contributed by atoms with Crippen molar-refractivity contribution in [3.05, 3.63) is 77.2 Å². The summed E-state index contributed by atoms with van der Waals surface area (Å²) in [6.45, 7) is 0.203. The summed E-state index contributed by atoms with van der Waals surface area (Å²) in [6, 6.07) is 12.4. The third-order valence-electron chi connectivity index (χ3n) is 3.20. The van der Waals surface area contributed by atoms with E-state index in [4.69, 9.17) is 5.73 Å². The number of aliphatic imine (C=N–C) groups is 1. The molecule has 138 valence electrons. The van der Waals surface area contributed by atoms with Gasteiger partial charge in [0.05, 0.1) is 18.0 Å². The van der Waals surface area contributed by atoms with E-state index in [1.165, 1.54) is 24.3 Å². The third kappa shape index (κ3) is 6.68. The topological polar surface area (TPSA) is 47.6 Å². The Balaban J connectivity index is 2.27. The molecule has 0 fully saturated rings. The largest absolute Gasteiger partial charge is 0.411 e. The van der Waals surface area contributed by atoms with E-state index in [0.717, 1.165) is 0 Å². The van der Waals surface area contributed by atoms with E-state index >= 15 is 0 Å². The number of allylic oxidation sites excluding steroid dienone is 2. The summed E-state index contributed by atoms with van der Waals surface area (Å²) in [5.74, 6) is -0.375. The van der Waals surface area contributed by atoms with Crippen LogP contribution < -0.4 is 5.73 Å². The Hall–Kier alpha value is -2.67. The zero-order valence-corrected chi connectivity index (χ0v) is 14.1. The molecular formula is C19H18F4N2O. The molecule has 0 unspecified atom stereocenters. The van der Waals surface area contributed by atoms with Crippen molar-refractivity contribution in [2.45, 2.75) is 19.7 Å². The molecule has 0 bridgehead atoms. The average molecular weight is 366 g/mol. The van der Waals surface area contributed by atoms with Crippen LogP contribution in [0.4, 0.5) is 23.2 Å². The van der Waals surface area contributed by atoms with Gasteiger partial charge in [-0.2, -0.15) is 13.2 Å². The standard InChI is InChI=1S/C19H18F4N2O/c1-13(24)9-18(25-17-7-5-16(20)6-8-17)15-4-2-3-14(10-15)11-26-12-19(21,22)23/h2-10H,11-12,24H2,1H3. The SMILES string of the molecule is CC(N)=CC(=Nc1ccc(F)cc1)c1cccc(COCC(F)(F)F)c1. The molecule has 0 spiro atoms. The fourth-order valence-electron chi connectivity index (χ4n) is 2.16. The van der Waals surface area contributed by atoms with Crippen molar-refractivity contribution in [1.82, 2.24) is 0 Å². The lowest BCUT2D eigenvalue weighted by atomic mass is 10.1. The lowest BCUT2D eigenvalue weighted by Crippen LogP contribution is -2.16. The van der Waals surface area contributed by atoms with Gasteiger partial charge in [0.1, 0.15) is 12.4 Å². The van der Waals surface area contributed by atoms with Crippen molar-refractivity contribution >= 4 is 11.4 Å². The van der Waals surface area contributed by atoms with Gasteiger partial charge in [-0.05, 0) is 48.9 Å². The molecule has 0 aliphatic carbocycles. The molecular weight excluding hydrogens is 348 g/mol. The fraction of sp³-hybridized carbons (Fsp3) is 0.211. The molecule has 7 heteroatoms. The summed E-state index contributed by atoms with van der Waals surface area (Å²) >= 11 is 0. The number of hydrogen-bond acceptors (Lipinski definition) is 3. The van der Waals surface area contributed by atoms with Crippen molar-refractivity contribution in [1.29, 1.82) is 0 Å². The monoisotopic (exact) mass is 366 g/mol. The number of halogens is 4. The first-order chi connectivity index (χ1) is 12.2. The number of rotatable bonds is 6. The summed E-state index contributed by atoms with van der Waals surface area (Å²) in [5, 5.41) is 0. The Kier molecular flexibility index (Phi) is 6.52. The molecule has 0 amide bonds. The van der Waals surface area contributed by atoms with Crippen LogP contribution in [0.15, 0.2) is 65.3 Å². The van der Waals surface area contributed by atoms with Crippen molar-refractivity contribution < 1.29 is 22.3 Å². The van der Waals surface area contributed by atoms with Crippen LogP contribution >= 0.6 is 0 Å². The lowest BCUT2D eigenvalue weighted by Gasteiger charge is -2.09. The number of alkyl halides is 3. The molecule has 0 aliphatic heterocycles. The Bertz CT molecular complexity index is 792. The average Bonchev–Trinajstić information content (AvgIpc) is 2.55. The molecule has 2 N–H and O–H groups in total. The number of nitrogens with zero attached hydrogens (tertiary/aromatic N) is 1. The first kappa shape index (κ1) is 19.7. The molecule has 2 rings (SSSR count). The highest BCUT2D eigenvalue weighted by Crippen LogP contribution is 2.18. The molecule has 0 aliphatic rings. The minimum absolute atomic E-state index is 0.178. The molecule has 0 radical (unpaired) electrons. The summed E-state index contributed by atoms with van der Waals surface area (Å²) in [6.07, 6.45) is -2.73. The maximum atomic E-state index is 13.0. The highest BCUT2D eigenvalue weighted by molar-refractivity contribution is 6.10. The van der Waals surface area contributed by atoms with Crippen LogP contribution in [0.1, 0.15) is 18.1 Å². The van der Waals surface area contributed by atoms with Crippen LogP contribution in [0.25, 0.3) is 0 Å². The number of ether oxygens (including phenoxy) is 1. The normalized spacial score (nSPS) is 13.1. The van der Waals surface area contributed by atoms with Gasteiger partial charge in [-0.1, -0.05) is 18.2 Å². The van der Waals surface area contributed by atoms with Crippen LogP contribution in [0.2, 0.25) is 0 Å². The molecule has 0 aromatic heterocycles. The zero-order chi connectivity index (χ0) is 19.2. The van der Waals surface area contributed by atoms with Crippen molar-refractivity contribution in [3.63, 3.8) is 0 Å². The van der Waals surface area contributed by atoms with Crippen molar-refractivity contribution in [2.24, 2.45) is 10.7 Å². The van der Waals surface area contributed by atoms with E-state index < -0.39 is 12.8 Å². The van der Waals surface area contributed by atoms with E-state index in [2.05, 4.69) is 9.73 Å². The van der Waals surface area contributed by atoms with Gasteiger partial charge in [-0.3, -0.25) is 0 Å². The highest BCUT2D eigenvalue weighted by Gasteiger charge is 2.27. The predicted molar refractivity (Wildman–Crippen MR) is 92.7 cm³/mol. The quantitative estimate of drug-likeness (QED) is 0.585. The van der Waals surface area contributed by atoms with E-state index in [1.807, 2.05) is 0 Å². The Morgan fingerprint density at radius 1 is 1.15 bits per heavy atom. The summed E-state index contributed by atoms with van der Waals surface area (Å²) < 4.78 is 54.3. The molecule has 26 heavy (non-hydrogen) atoms. The van der Waals surface area contributed by atoms with Gasteiger partial charge in [0.25, 0.3) is 0 Å². The minimum atomic E-state index is -4.37. The number of hydrogen-bond donors (Lipinski definition) is 1. The van der Waals surface area contributed by atoms with Crippen LogP contribution in [0.3, 0.4) is 0 Å². The summed E-state index contributed by atoms with van der Waals surface area (Å²) in [4.78, 5) is 4.44. The van der Waals surface area contributed by atoms with E-state index in [0.29, 0.717) is 28.2 Å². The Morgan fingerprint density at radius 2 is 1.85 bits per heavy atom. The van der Waals surface area contributed by atoms with Crippen LogP contribution in [-0.2, 0) is 11.3 Å². The maximum Gasteiger partial charge on any atom is 0.411 e. The maximum absolute atomic E-state index is 13.0. The molecule has 3 nitrogen and oxygen atoms in total. The van der Waals surface area contributed by atoms with Gasteiger partial charge in [-0.15, -0.1) is 0 Å². The summed E-state index contributed by atoms with van der Waals surface area (Å²) in [7, 11) is 0. The van der Waals surface area contributed by atoms with Crippen molar-refractivity contribution in [3.8, 4) is 0 Å². The lowest BCUT2D eigenvalue weighted by molar-refractivity contribution is -0.176. The third-order valence-corrected chi connectivity index (χ3v) is 3.20. The van der Waals surface area contributed by atoms with Gasteiger partial charge in [0.15, 0.2) is 0 Å². The van der Waals surface area contributed by atoms with Gasteiger partial charge >= 0.3 is 6.18 Å². The Labute approximate surface area is 148 Å². The van der Waals surface area contributed by atoms with Gasteiger partial charge in [-0.25, -0.2) is 9.38 Å². The Morgan fingerprint density at radius 3 is 2.46 bits per heavy atom. The van der Waals surface area contributed by atoms with Crippen LogP contribution in [-0.4, -0.2) is 18.5 Å². The van der Waals surface area contributed by atoms with Crippen LogP contribution in [0.5, 0.6) is 0 Å². The molecule has 0 atom stereocenters. The van der Waals surface area contributed by atoms with Crippen LogP contribution in [0, 0.1) is 5.82 Å².